The van der Waals surface area contributed by atoms with E-state index < -0.39 is 18.2 Å². The molecule has 0 spiro atoms. The van der Waals surface area contributed by atoms with Gasteiger partial charge in [-0.3, -0.25) is 4.79 Å². The number of aromatic amines is 1. The fourth-order valence-corrected chi connectivity index (χ4v) is 2.40. The lowest BCUT2D eigenvalue weighted by Gasteiger charge is -2.06. The number of aryl methyl sites for hydroxylation is 1. The predicted octanol–water partition coefficient (Wildman–Crippen LogP) is 2.75. The first kappa shape index (κ1) is 15.3. The van der Waals surface area contributed by atoms with E-state index in [1.165, 1.54) is 0 Å². The van der Waals surface area contributed by atoms with Crippen molar-refractivity contribution < 1.29 is 13.2 Å². The molecule has 2 heterocycles. The average Bonchev–Trinajstić information content (AvgIpc) is 2.85. The highest BCUT2D eigenvalue weighted by atomic mass is 19.4. The molecule has 0 aliphatic rings. The second-order valence-electron chi connectivity index (χ2n) is 5.05. The molecule has 0 radical (unpaired) electrons. The number of hydrogen-bond acceptors (Lipinski definition) is 3. The van der Waals surface area contributed by atoms with Crippen LogP contribution in [-0.2, 0) is 12.8 Å². The van der Waals surface area contributed by atoms with Gasteiger partial charge in [-0.05, 0) is 6.42 Å². The van der Waals surface area contributed by atoms with Crippen molar-refractivity contribution in [2.24, 2.45) is 0 Å². The molecule has 0 saturated carbocycles. The Kier molecular flexibility index (Phi) is 3.67. The summed E-state index contributed by atoms with van der Waals surface area (Å²) in [4.78, 5) is 18.9. The van der Waals surface area contributed by atoms with Crippen LogP contribution in [0, 0.1) is 0 Å². The second-order valence-corrected chi connectivity index (χ2v) is 5.05. The van der Waals surface area contributed by atoms with Crippen LogP contribution in [0.5, 0.6) is 0 Å². The van der Waals surface area contributed by atoms with Gasteiger partial charge < -0.3 is 4.98 Å². The van der Waals surface area contributed by atoms with E-state index in [-0.39, 0.29) is 17.2 Å². The van der Waals surface area contributed by atoms with E-state index in [9.17, 15) is 18.0 Å². The van der Waals surface area contributed by atoms with E-state index >= 15 is 0 Å². The molecule has 3 rings (SSSR count). The summed E-state index contributed by atoms with van der Waals surface area (Å²) in [5, 5.41) is 4.16. The number of benzene rings is 1. The molecule has 23 heavy (non-hydrogen) atoms. The summed E-state index contributed by atoms with van der Waals surface area (Å²) in [6, 6.07) is 8.72. The van der Waals surface area contributed by atoms with Crippen molar-refractivity contribution in [1.29, 1.82) is 0 Å². The Hall–Kier alpha value is -2.64. The summed E-state index contributed by atoms with van der Waals surface area (Å²) >= 11 is 0. The van der Waals surface area contributed by atoms with Crippen molar-refractivity contribution in [2.75, 3.05) is 0 Å². The first-order valence-electron chi connectivity index (χ1n) is 7.02. The predicted molar refractivity (Wildman–Crippen MR) is 78.2 cm³/mol. The Balaban J connectivity index is 2.25. The maximum atomic E-state index is 12.7. The summed E-state index contributed by atoms with van der Waals surface area (Å²) in [7, 11) is 0. The smallest absolute Gasteiger partial charge is 0.303 e. The minimum atomic E-state index is -4.43. The highest BCUT2D eigenvalue weighted by molar-refractivity contribution is 5.57. The molecule has 0 atom stereocenters. The SMILES string of the molecule is CCc1nc(CC(F)(F)F)n2nc(-c3ccccc3)[nH]c(=O)c12. The first-order valence-corrected chi connectivity index (χ1v) is 7.02. The van der Waals surface area contributed by atoms with E-state index in [0.29, 0.717) is 17.7 Å². The molecule has 120 valence electrons. The number of hydrogen-bond donors (Lipinski definition) is 1. The molecule has 1 aromatic carbocycles. The number of alkyl halides is 3. The van der Waals surface area contributed by atoms with Crippen LogP contribution in [0.15, 0.2) is 35.1 Å². The molecular formula is C15H13F3N4O. The quantitative estimate of drug-likeness (QED) is 0.806. The van der Waals surface area contributed by atoms with Gasteiger partial charge in [0.05, 0.1) is 5.69 Å². The van der Waals surface area contributed by atoms with E-state index in [4.69, 9.17) is 0 Å². The first-order chi connectivity index (χ1) is 10.9. The van der Waals surface area contributed by atoms with Crippen LogP contribution in [0.1, 0.15) is 18.4 Å². The Labute approximate surface area is 128 Å². The van der Waals surface area contributed by atoms with Crippen LogP contribution in [0.25, 0.3) is 16.9 Å². The Morgan fingerprint density at radius 1 is 1.22 bits per heavy atom. The fraction of sp³-hybridized carbons (Fsp3) is 0.267. The molecule has 5 nitrogen and oxygen atoms in total. The standard InChI is InChI=1S/C15H13F3N4O/c1-2-10-12-14(23)20-13(9-6-4-3-5-7-9)21-22(12)11(19-10)8-15(16,17)18/h3-7H,2,8H2,1H3,(H,20,21,23). The monoisotopic (exact) mass is 322 g/mol. The highest BCUT2D eigenvalue weighted by Gasteiger charge is 2.31. The van der Waals surface area contributed by atoms with Crippen molar-refractivity contribution in [1.82, 2.24) is 19.6 Å². The minimum absolute atomic E-state index is 0.0615. The molecule has 2 aromatic heterocycles. The molecule has 3 aromatic rings. The van der Waals surface area contributed by atoms with Gasteiger partial charge in [-0.15, -0.1) is 5.10 Å². The van der Waals surface area contributed by atoms with Gasteiger partial charge in [-0.25, -0.2) is 9.50 Å². The molecule has 8 heteroatoms. The largest absolute Gasteiger partial charge is 0.396 e. The van der Waals surface area contributed by atoms with Gasteiger partial charge in [-0.2, -0.15) is 13.2 Å². The summed E-state index contributed by atoms with van der Waals surface area (Å²) in [6.45, 7) is 1.73. The maximum Gasteiger partial charge on any atom is 0.396 e. The normalized spacial score (nSPS) is 12.0. The lowest BCUT2D eigenvalue weighted by atomic mass is 10.2. The lowest BCUT2D eigenvalue weighted by Crippen LogP contribution is -2.19. The summed E-state index contributed by atoms with van der Waals surface area (Å²) in [5.41, 5.74) is 0.469. The zero-order valence-electron chi connectivity index (χ0n) is 12.2. The van der Waals surface area contributed by atoms with Crippen molar-refractivity contribution >= 4 is 5.52 Å². The van der Waals surface area contributed by atoms with Gasteiger partial charge in [-0.1, -0.05) is 37.3 Å². The van der Waals surface area contributed by atoms with Gasteiger partial charge in [0.2, 0.25) is 0 Å². The third-order valence-electron chi connectivity index (χ3n) is 3.38. The van der Waals surface area contributed by atoms with Crippen LogP contribution in [0.3, 0.4) is 0 Å². The van der Waals surface area contributed by atoms with Gasteiger partial charge in [0.25, 0.3) is 5.56 Å². The molecule has 0 aliphatic carbocycles. The number of nitrogens with one attached hydrogen (secondary N) is 1. The van der Waals surface area contributed by atoms with E-state index in [0.717, 1.165) is 4.52 Å². The Morgan fingerprint density at radius 3 is 2.52 bits per heavy atom. The number of nitrogens with zero attached hydrogens (tertiary/aromatic N) is 3. The minimum Gasteiger partial charge on any atom is -0.303 e. The fourth-order valence-electron chi connectivity index (χ4n) is 2.40. The molecular weight excluding hydrogens is 309 g/mol. The van der Waals surface area contributed by atoms with Crippen LogP contribution in [0.2, 0.25) is 0 Å². The van der Waals surface area contributed by atoms with Crippen molar-refractivity contribution in [2.45, 2.75) is 25.9 Å². The maximum absolute atomic E-state index is 12.7. The number of H-pyrrole nitrogens is 1. The third kappa shape index (κ3) is 2.96. The van der Waals surface area contributed by atoms with Crippen LogP contribution >= 0.6 is 0 Å². The molecule has 0 amide bonds. The summed E-state index contributed by atoms with van der Waals surface area (Å²) < 4.78 is 39.2. The van der Waals surface area contributed by atoms with Gasteiger partial charge in [0, 0.05) is 5.56 Å². The number of rotatable bonds is 3. The van der Waals surface area contributed by atoms with E-state index in [2.05, 4.69) is 15.1 Å². The summed E-state index contributed by atoms with van der Waals surface area (Å²) in [5.74, 6) is -0.0841. The van der Waals surface area contributed by atoms with Crippen LogP contribution < -0.4 is 5.56 Å². The topological polar surface area (TPSA) is 63.1 Å². The van der Waals surface area contributed by atoms with Gasteiger partial charge in [0.1, 0.15) is 12.2 Å². The van der Waals surface area contributed by atoms with Gasteiger partial charge >= 0.3 is 6.18 Å². The number of imidazole rings is 1. The van der Waals surface area contributed by atoms with Crippen LogP contribution in [-0.4, -0.2) is 25.8 Å². The zero-order chi connectivity index (χ0) is 16.6. The zero-order valence-corrected chi connectivity index (χ0v) is 12.2. The average molecular weight is 322 g/mol. The number of halogens is 3. The molecule has 0 fully saturated rings. The molecule has 1 N–H and O–H groups in total. The number of aromatic nitrogens is 4. The van der Waals surface area contributed by atoms with Crippen LogP contribution in [0.4, 0.5) is 13.2 Å². The molecule has 0 bridgehead atoms. The second kappa shape index (κ2) is 5.53. The highest BCUT2D eigenvalue weighted by Crippen LogP contribution is 2.22. The van der Waals surface area contributed by atoms with E-state index in [1.807, 2.05) is 0 Å². The molecule has 0 aliphatic heterocycles. The molecule has 0 saturated heterocycles. The Morgan fingerprint density at radius 2 is 1.91 bits per heavy atom. The van der Waals surface area contributed by atoms with Crippen molar-refractivity contribution in [3.8, 4) is 11.4 Å². The van der Waals surface area contributed by atoms with E-state index in [1.54, 1.807) is 37.3 Å². The lowest BCUT2D eigenvalue weighted by molar-refractivity contribution is -0.128. The van der Waals surface area contributed by atoms with Crippen molar-refractivity contribution in [3.63, 3.8) is 0 Å². The third-order valence-corrected chi connectivity index (χ3v) is 3.38. The Bertz CT molecular complexity index is 897. The molecule has 0 unspecified atom stereocenters. The van der Waals surface area contributed by atoms with Gasteiger partial charge in [0.15, 0.2) is 11.3 Å². The number of fused-ring (bicyclic) bond motifs is 1. The van der Waals surface area contributed by atoms with Crippen molar-refractivity contribution in [3.05, 3.63) is 52.2 Å². The summed E-state index contributed by atoms with van der Waals surface area (Å²) in [6.07, 6.45) is -5.32.